The van der Waals surface area contributed by atoms with Crippen LogP contribution < -0.4 is 5.32 Å². The van der Waals surface area contributed by atoms with Gasteiger partial charge in [0.15, 0.2) is 0 Å². The molecule has 1 unspecified atom stereocenters. The Kier molecular flexibility index (Phi) is 7.35. The van der Waals surface area contributed by atoms with Gasteiger partial charge in [-0.05, 0) is 27.2 Å². The molecule has 2 atom stereocenters. The monoisotopic (exact) mass is 480 g/mol. The Morgan fingerprint density at radius 3 is 2.70 bits per heavy atom. The number of anilines is 1. The van der Waals surface area contributed by atoms with Crippen molar-refractivity contribution in [1.29, 1.82) is 0 Å². The average Bonchev–Trinajstić information content (AvgIpc) is 3.15. The normalized spacial score (nSPS) is 20.1. The lowest BCUT2D eigenvalue weighted by Crippen LogP contribution is -2.68. The van der Waals surface area contributed by atoms with Crippen molar-refractivity contribution in [2.75, 3.05) is 17.7 Å². The number of nitrogens with one attached hydrogen (secondary N) is 1. The largest absolute Gasteiger partial charge is 0.477 e. The molecule has 0 radical (unpaired) electrons. The van der Waals surface area contributed by atoms with Crippen molar-refractivity contribution in [3.63, 3.8) is 0 Å². The molecule has 2 N–H and O–H groups in total. The quantitative estimate of drug-likeness (QED) is 0.395. The molecule has 12 heteroatoms. The van der Waals surface area contributed by atoms with E-state index in [4.69, 9.17) is 9.47 Å². The maximum absolute atomic E-state index is 12.8. The van der Waals surface area contributed by atoms with Crippen LogP contribution >= 0.6 is 11.8 Å². The summed E-state index contributed by atoms with van der Waals surface area (Å²) in [5.41, 5.74) is -0.285. The molecule has 0 aliphatic carbocycles. The van der Waals surface area contributed by atoms with E-state index in [0.717, 1.165) is 0 Å². The van der Waals surface area contributed by atoms with Gasteiger partial charge < -0.3 is 24.5 Å². The number of carboxylic acids is 1. The highest BCUT2D eigenvalue weighted by molar-refractivity contribution is 8.00. The number of rotatable bonds is 9. The molecule has 1 saturated heterocycles. The number of thioether (sulfide) groups is 1. The van der Waals surface area contributed by atoms with Crippen LogP contribution in [0.3, 0.4) is 0 Å². The fourth-order valence-corrected chi connectivity index (χ4v) is 4.87. The van der Waals surface area contributed by atoms with Crippen LogP contribution in [0.15, 0.2) is 23.7 Å². The zero-order chi connectivity index (χ0) is 24.3. The smallest absolute Gasteiger partial charge is 0.352 e. The molecule has 1 aromatic rings. The van der Waals surface area contributed by atoms with Crippen LogP contribution in [0.4, 0.5) is 5.95 Å². The van der Waals surface area contributed by atoms with E-state index in [0.29, 0.717) is 30.2 Å². The minimum absolute atomic E-state index is 0.135. The zero-order valence-electron chi connectivity index (χ0n) is 19.0. The lowest BCUT2D eigenvalue weighted by molar-refractivity contribution is -0.155. The number of nitrogens with zero attached hydrogens (tertiary/aromatic N) is 3. The van der Waals surface area contributed by atoms with Gasteiger partial charge in [0.2, 0.25) is 5.95 Å². The van der Waals surface area contributed by atoms with E-state index in [2.05, 4.69) is 10.3 Å². The minimum atomic E-state index is -1.24. The molecule has 1 aromatic heterocycles. The van der Waals surface area contributed by atoms with Gasteiger partial charge in [-0.3, -0.25) is 19.3 Å². The number of hydrogen-bond acceptors (Lipinski definition) is 9. The van der Waals surface area contributed by atoms with Crippen LogP contribution in [-0.2, 0) is 35.2 Å². The second kappa shape index (κ2) is 9.86. The van der Waals surface area contributed by atoms with Gasteiger partial charge in [0.1, 0.15) is 29.3 Å². The van der Waals surface area contributed by atoms with E-state index < -0.39 is 34.9 Å². The molecule has 1 amide bonds. The first-order valence-electron chi connectivity index (χ1n) is 10.5. The van der Waals surface area contributed by atoms with E-state index in [1.54, 1.807) is 17.0 Å². The number of esters is 2. The third kappa shape index (κ3) is 5.86. The zero-order valence-corrected chi connectivity index (χ0v) is 19.8. The van der Waals surface area contributed by atoms with Gasteiger partial charge in [-0.25, -0.2) is 9.78 Å². The molecule has 0 saturated carbocycles. The van der Waals surface area contributed by atoms with Gasteiger partial charge >= 0.3 is 17.9 Å². The molecular weight excluding hydrogens is 452 g/mol. The molecule has 1 fully saturated rings. The number of carbonyl (C=O) groups is 4. The van der Waals surface area contributed by atoms with Crippen LogP contribution in [0.5, 0.6) is 0 Å². The lowest BCUT2D eigenvalue weighted by atomic mass is 10.0. The summed E-state index contributed by atoms with van der Waals surface area (Å²) in [5, 5.41) is 12.3. The molecule has 2 aliphatic rings. The summed E-state index contributed by atoms with van der Waals surface area (Å²) in [4.78, 5) is 53.1. The van der Waals surface area contributed by atoms with Crippen molar-refractivity contribution in [2.24, 2.45) is 0 Å². The fourth-order valence-electron chi connectivity index (χ4n) is 3.54. The summed E-state index contributed by atoms with van der Waals surface area (Å²) in [6, 6.07) is -0.647. The maximum Gasteiger partial charge on any atom is 0.352 e. The highest BCUT2D eigenvalue weighted by atomic mass is 32.2. The number of aliphatic carboxylic acids is 1. The molecule has 11 nitrogen and oxygen atoms in total. The topological polar surface area (TPSA) is 140 Å². The average molecular weight is 481 g/mol. The summed E-state index contributed by atoms with van der Waals surface area (Å²) < 4.78 is 12.0. The number of aryl methyl sites for hydroxylation is 1. The van der Waals surface area contributed by atoms with E-state index in [1.165, 1.54) is 23.6 Å². The Labute approximate surface area is 195 Å². The molecular formula is C21H28N4O7S. The van der Waals surface area contributed by atoms with Gasteiger partial charge in [-0.1, -0.05) is 0 Å². The first-order chi connectivity index (χ1) is 15.5. The SMILES string of the molecule is CC(=O)OCC1=C(C(=O)O)N2C(=O)C(Nc3nccn3CCCC(=O)OC(C)(C)C)[C@@H]2SC1. The maximum atomic E-state index is 12.8. The molecule has 33 heavy (non-hydrogen) atoms. The summed E-state index contributed by atoms with van der Waals surface area (Å²) in [5.74, 6) is -1.65. The number of fused-ring (bicyclic) bond motifs is 1. The molecule has 0 spiro atoms. The number of hydrogen-bond donors (Lipinski definition) is 2. The van der Waals surface area contributed by atoms with Crippen molar-refractivity contribution < 1.29 is 33.8 Å². The summed E-state index contributed by atoms with van der Waals surface area (Å²) in [6.45, 7) is 7.02. The Balaban J connectivity index is 1.61. The Bertz CT molecular complexity index is 982. The third-order valence-corrected chi connectivity index (χ3v) is 6.24. The summed E-state index contributed by atoms with van der Waals surface area (Å²) in [6.07, 6.45) is 4.12. The van der Waals surface area contributed by atoms with E-state index in [1.807, 2.05) is 20.8 Å². The van der Waals surface area contributed by atoms with Crippen LogP contribution in [0.1, 0.15) is 40.5 Å². The number of β-lactam (4-membered cyclic amide) rings is 1. The van der Waals surface area contributed by atoms with E-state index >= 15 is 0 Å². The van der Waals surface area contributed by atoms with Crippen LogP contribution in [0, 0.1) is 0 Å². The summed E-state index contributed by atoms with van der Waals surface area (Å²) >= 11 is 1.39. The first-order valence-corrected chi connectivity index (χ1v) is 11.6. The first kappa shape index (κ1) is 24.6. The molecule has 3 heterocycles. The molecule has 0 aromatic carbocycles. The standard InChI is InChI=1S/C21H28N4O7S/c1-12(26)31-10-13-11-33-18-15(17(28)25(18)16(13)19(29)30)23-20-22-7-9-24(20)8-5-6-14(27)32-21(2,3)4/h7,9,15,18H,5-6,8,10-11H2,1-4H3,(H,22,23)(H,29,30)/t15?,18-/m0/s1. The highest BCUT2D eigenvalue weighted by Gasteiger charge is 2.54. The van der Waals surface area contributed by atoms with Crippen molar-refractivity contribution in [2.45, 2.75) is 64.1 Å². The predicted molar refractivity (Wildman–Crippen MR) is 119 cm³/mol. The molecule has 0 bridgehead atoms. The second-order valence-electron chi connectivity index (χ2n) is 8.70. The minimum Gasteiger partial charge on any atom is -0.477 e. The molecule has 3 rings (SSSR count). The van der Waals surface area contributed by atoms with Gasteiger partial charge in [0.25, 0.3) is 5.91 Å². The number of aromatic nitrogens is 2. The number of carboxylic acid groups (broad SMARTS) is 1. The van der Waals surface area contributed by atoms with Gasteiger partial charge in [0.05, 0.1) is 0 Å². The highest BCUT2D eigenvalue weighted by Crippen LogP contribution is 2.41. The number of carbonyl (C=O) groups excluding carboxylic acids is 3. The fraction of sp³-hybridized carbons (Fsp3) is 0.571. The van der Waals surface area contributed by atoms with Crippen LogP contribution in [0.2, 0.25) is 0 Å². The van der Waals surface area contributed by atoms with Crippen molar-refractivity contribution in [3.05, 3.63) is 23.7 Å². The van der Waals surface area contributed by atoms with Gasteiger partial charge in [-0.2, -0.15) is 0 Å². The summed E-state index contributed by atoms with van der Waals surface area (Å²) in [7, 11) is 0. The van der Waals surface area contributed by atoms with Crippen molar-refractivity contribution >= 4 is 41.5 Å². The lowest BCUT2D eigenvalue weighted by Gasteiger charge is -2.49. The van der Waals surface area contributed by atoms with Gasteiger partial charge in [-0.15, -0.1) is 11.8 Å². The Morgan fingerprint density at radius 1 is 1.33 bits per heavy atom. The molecule has 2 aliphatic heterocycles. The van der Waals surface area contributed by atoms with Crippen LogP contribution in [-0.4, -0.2) is 72.7 Å². The third-order valence-electron chi connectivity index (χ3n) is 4.90. The van der Waals surface area contributed by atoms with Gasteiger partial charge in [0, 0.05) is 43.6 Å². The Hall–Kier alpha value is -3.02. The molecule has 180 valence electrons. The van der Waals surface area contributed by atoms with Crippen molar-refractivity contribution in [3.8, 4) is 0 Å². The number of imidazole rings is 1. The van der Waals surface area contributed by atoms with E-state index in [9.17, 15) is 24.3 Å². The van der Waals surface area contributed by atoms with Crippen LogP contribution in [0.25, 0.3) is 0 Å². The Morgan fingerprint density at radius 2 is 2.06 bits per heavy atom. The predicted octanol–water partition coefficient (Wildman–Crippen LogP) is 1.60. The number of ether oxygens (including phenoxy) is 2. The second-order valence-corrected chi connectivity index (χ2v) is 9.81. The van der Waals surface area contributed by atoms with E-state index in [-0.39, 0.29) is 24.7 Å². The van der Waals surface area contributed by atoms with Crippen molar-refractivity contribution in [1.82, 2.24) is 14.5 Å². The number of amides is 1.